The van der Waals surface area contributed by atoms with Gasteiger partial charge in [0.1, 0.15) is 0 Å². The molecule has 4 aromatic rings. The molecule has 1 saturated heterocycles. The van der Waals surface area contributed by atoms with Crippen LogP contribution in [0.3, 0.4) is 0 Å². The number of fused-ring (bicyclic) bond motifs is 3. The Morgan fingerprint density at radius 3 is 2.44 bits per heavy atom. The van der Waals surface area contributed by atoms with E-state index in [-0.39, 0.29) is 17.5 Å². The average Bonchev–Trinajstić information content (AvgIpc) is 3.39. The number of carbonyl (C=O) groups excluding carboxylic acids is 2. The van der Waals surface area contributed by atoms with Crippen LogP contribution in [0.4, 0.5) is 11.5 Å². The molecule has 34 heavy (non-hydrogen) atoms. The van der Waals surface area contributed by atoms with E-state index in [4.69, 9.17) is 5.73 Å². The summed E-state index contributed by atoms with van der Waals surface area (Å²) in [7, 11) is 0. The first kappa shape index (κ1) is 21.3. The maximum Gasteiger partial charge on any atom is 0.269 e. The van der Waals surface area contributed by atoms with E-state index < -0.39 is 0 Å². The number of nitrogens with one attached hydrogen (secondary N) is 1. The number of benzene rings is 2. The van der Waals surface area contributed by atoms with Gasteiger partial charge < -0.3 is 20.9 Å². The van der Waals surface area contributed by atoms with Gasteiger partial charge in [-0.05, 0) is 53.7 Å². The zero-order valence-electron chi connectivity index (χ0n) is 18.5. The molecule has 0 unspecified atom stereocenters. The molecule has 2 amide bonds. The van der Waals surface area contributed by atoms with Gasteiger partial charge in [0, 0.05) is 37.4 Å². The van der Waals surface area contributed by atoms with Gasteiger partial charge in [-0.1, -0.05) is 18.2 Å². The molecule has 0 aliphatic carbocycles. The van der Waals surface area contributed by atoms with Gasteiger partial charge in [0.05, 0.1) is 16.7 Å². The summed E-state index contributed by atoms with van der Waals surface area (Å²) in [5.74, 6) is 0.249. The summed E-state index contributed by atoms with van der Waals surface area (Å²) in [4.78, 5) is 33.2. The van der Waals surface area contributed by atoms with Crippen LogP contribution >= 0.6 is 0 Å². The second kappa shape index (κ2) is 8.77. The molecule has 3 heterocycles. The van der Waals surface area contributed by atoms with Crippen molar-refractivity contribution in [3.8, 4) is 0 Å². The first-order chi connectivity index (χ1) is 16.5. The number of piperazine rings is 1. The number of hydrogen-bond donors (Lipinski definition) is 2. The SMILES string of the molecule is C/C=C(\N)C(=O)N1CCN(C(=O)c2ccc(Nc3nc4ccccc4n4nnnc34)cc2)CC1. The summed E-state index contributed by atoms with van der Waals surface area (Å²) >= 11 is 0. The molecule has 3 N–H and O–H groups in total. The van der Waals surface area contributed by atoms with Crippen molar-refractivity contribution < 1.29 is 9.59 Å². The molecule has 172 valence electrons. The molecule has 0 bridgehead atoms. The quantitative estimate of drug-likeness (QED) is 0.441. The van der Waals surface area contributed by atoms with Crippen LogP contribution in [0.1, 0.15) is 17.3 Å². The maximum atomic E-state index is 12.9. The highest BCUT2D eigenvalue weighted by atomic mass is 16.2. The highest BCUT2D eigenvalue weighted by Gasteiger charge is 2.25. The van der Waals surface area contributed by atoms with Gasteiger partial charge in [-0.3, -0.25) is 9.59 Å². The van der Waals surface area contributed by atoms with Gasteiger partial charge in [-0.2, -0.15) is 4.52 Å². The molecule has 1 aliphatic heterocycles. The van der Waals surface area contributed by atoms with Crippen LogP contribution in [0.5, 0.6) is 0 Å². The molecule has 5 rings (SSSR count). The molecule has 11 nitrogen and oxygen atoms in total. The van der Waals surface area contributed by atoms with Gasteiger partial charge in [-0.15, -0.1) is 5.10 Å². The minimum atomic E-state index is -0.190. The van der Waals surface area contributed by atoms with Crippen LogP contribution in [0.15, 0.2) is 60.3 Å². The fourth-order valence-electron chi connectivity index (χ4n) is 3.92. The number of allylic oxidation sites excluding steroid dienone is 1. The van der Waals surface area contributed by atoms with Crippen molar-refractivity contribution in [2.45, 2.75) is 6.92 Å². The fourth-order valence-corrected chi connectivity index (χ4v) is 3.92. The summed E-state index contributed by atoms with van der Waals surface area (Å²) in [5, 5.41) is 15.2. The molecule has 2 aromatic heterocycles. The Hall–Kier alpha value is -4.54. The number of tetrazole rings is 1. The van der Waals surface area contributed by atoms with Gasteiger partial charge in [0.2, 0.25) is 5.65 Å². The predicted molar refractivity (Wildman–Crippen MR) is 126 cm³/mol. The van der Waals surface area contributed by atoms with E-state index in [0.717, 1.165) is 16.7 Å². The third-order valence-electron chi connectivity index (χ3n) is 5.83. The zero-order chi connectivity index (χ0) is 23.7. The first-order valence-corrected chi connectivity index (χ1v) is 10.9. The number of nitrogens with two attached hydrogens (primary N) is 1. The second-order valence-electron chi connectivity index (χ2n) is 7.89. The standard InChI is InChI=1S/C23H23N9O2/c1-2-17(24)23(34)31-13-11-30(12-14-31)22(33)15-7-9-16(10-8-15)25-20-21-27-28-29-32(21)19-6-4-3-5-18(19)26-20/h2-10H,11-14,24H2,1H3,(H,25,26)/b17-2-. The molecule has 0 atom stereocenters. The number of anilines is 2. The number of rotatable bonds is 4. The summed E-state index contributed by atoms with van der Waals surface area (Å²) < 4.78 is 1.64. The lowest BCUT2D eigenvalue weighted by Gasteiger charge is -2.34. The summed E-state index contributed by atoms with van der Waals surface area (Å²) in [6.45, 7) is 3.55. The lowest BCUT2D eigenvalue weighted by molar-refractivity contribution is -0.128. The Labute approximate surface area is 194 Å². The normalized spacial score (nSPS) is 14.6. The number of aromatic nitrogens is 5. The molecular weight excluding hydrogens is 434 g/mol. The molecule has 0 spiro atoms. The molecule has 11 heteroatoms. The second-order valence-corrected chi connectivity index (χ2v) is 7.89. The number of nitrogens with zero attached hydrogens (tertiary/aromatic N) is 7. The van der Waals surface area contributed by atoms with Crippen LogP contribution in [0, 0.1) is 0 Å². The lowest BCUT2D eigenvalue weighted by Crippen LogP contribution is -2.51. The van der Waals surface area contributed by atoms with E-state index in [0.29, 0.717) is 43.2 Å². The van der Waals surface area contributed by atoms with E-state index in [1.54, 1.807) is 39.4 Å². The zero-order valence-corrected chi connectivity index (χ0v) is 18.5. The third kappa shape index (κ3) is 3.87. The summed E-state index contributed by atoms with van der Waals surface area (Å²) in [5.41, 5.74) is 9.33. The first-order valence-electron chi connectivity index (χ1n) is 10.9. The van der Waals surface area contributed by atoms with Crippen molar-refractivity contribution in [3.05, 3.63) is 65.9 Å². The number of amides is 2. The van der Waals surface area contributed by atoms with Gasteiger partial charge in [0.25, 0.3) is 11.8 Å². The maximum absolute atomic E-state index is 12.9. The van der Waals surface area contributed by atoms with E-state index in [1.807, 2.05) is 36.4 Å². The van der Waals surface area contributed by atoms with E-state index in [9.17, 15) is 9.59 Å². The van der Waals surface area contributed by atoms with Crippen LogP contribution in [0.25, 0.3) is 16.7 Å². The smallest absolute Gasteiger partial charge is 0.269 e. The van der Waals surface area contributed by atoms with Crippen LogP contribution in [-0.2, 0) is 4.79 Å². The van der Waals surface area contributed by atoms with Crippen molar-refractivity contribution >= 4 is 40.0 Å². The van der Waals surface area contributed by atoms with Crippen molar-refractivity contribution in [1.29, 1.82) is 0 Å². The van der Waals surface area contributed by atoms with Gasteiger partial charge in [-0.25, -0.2) is 4.98 Å². The van der Waals surface area contributed by atoms with Crippen LogP contribution < -0.4 is 11.1 Å². The van der Waals surface area contributed by atoms with Crippen LogP contribution in [0.2, 0.25) is 0 Å². The van der Waals surface area contributed by atoms with E-state index in [2.05, 4.69) is 25.8 Å². The number of hydrogen-bond acceptors (Lipinski definition) is 8. The van der Waals surface area contributed by atoms with Gasteiger partial charge in [0.15, 0.2) is 5.82 Å². The Balaban J connectivity index is 1.29. The molecule has 0 radical (unpaired) electrons. The van der Waals surface area contributed by atoms with Crippen molar-refractivity contribution in [2.24, 2.45) is 5.73 Å². The average molecular weight is 457 g/mol. The Bertz CT molecular complexity index is 1400. The highest BCUT2D eigenvalue weighted by Crippen LogP contribution is 2.23. The molecule has 2 aromatic carbocycles. The Kier molecular flexibility index (Phi) is 5.50. The molecule has 1 fully saturated rings. The van der Waals surface area contributed by atoms with Crippen molar-refractivity contribution in [3.63, 3.8) is 0 Å². The molecule has 0 saturated carbocycles. The Morgan fingerprint density at radius 1 is 1.00 bits per heavy atom. The van der Waals surface area contributed by atoms with E-state index in [1.165, 1.54) is 0 Å². The van der Waals surface area contributed by atoms with Crippen LogP contribution in [-0.4, -0.2) is 72.8 Å². The predicted octanol–water partition coefficient (Wildman–Crippen LogP) is 1.56. The van der Waals surface area contributed by atoms with Gasteiger partial charge >= 0.3 is 0 Å². The van der Waals surface area contributed by atoms with Crippen molar-refractivity contribution in [1.82, 2.24) is 34.8 Å². The summed E-state index contributed by atoms with van der Waals surface area (Å²) in [6.07, 6.45) is 1.59. The molecular formula is C23H23N9O2. The number of para-hydroxylation sites is 2. The monoisotopic (exact) mass is 457 g/mol. The highest BCUT2D eigenvalue weighted by molar-refractivity contribution is 5.95. The minimum absolute atomic E-state index is 0.0782. The molecule has 1 aliphatic rings. The minimum Gasteiger partial charge on any atom is -0.395 e. The fraction of sp³-hybridized carbons (Fsp3) is 0.217. The van der Waals surface area contributed by atoms with Crippen molar-refractivity contribution in [2.75, 3.05) is 31.5 Å². The van der Waals surface area contributed by atoms with E-state index >= 15 is 0 Å². The Morgan fingerprint density at radius 2 is 1.71 bits per heavy atom. The lowest BCUT2D eigenvalue weighted by atomic mass is 10.1. The topological polar surface area (TPSA) is 135 Å². The largest absolute Gasteiger partial charge is 0.395 e. The number of carbonyl (C=O) groups is 2. The summed E-state index contributed by atoms with van der Waals surface area (Å²) in [6, 6.07) is 14.8. The third-order valence-corrected chi connectivity index (χ3v) is 5.83.